The number of hydrogen-bond acceptors (Lipinski definition) is 4. The fourth-order valence-corrected chi connectivity index (χ4v) is 1.99. The normalized spacial score (nSPS) is 11.8. The largest absolute Gasteiger partial charge is 0.507 e. The molecule has 0 spiro atoms. The predicted molar refractivity (Wildman–Crippen MR) is 82.1 cm³/mol. The van der Waals surface area contributed by atoms with Crippen molar-refractivity contribution in [2.75, 3.05) is 0 Å². The van der Waals surface area contributed by atoms with Crippen LogP contribution >= 0.6 is 11.6 Å². The Hall–Kier alpha value is -2.66. The third-order valence-corrected chi connectivity index (χ3v) is 3.16. The van der Waals surface area contributed by atoms with Crippen molar-refractivity contribution in [1.29, 1.82) is 0 Å². The van der Waals surface area contributed by atoms with Gasteiger partial charge in [0.2, 0.25) is 0 Å². The summed E-state index contributed by atoms with van der Waals surface area (Å²) in [6.45, 7) is 0. The molecule has 0 bridgehead atoms. The Kier molecular flexibility index (Phi) is 3.41. The zero-order valence-electron chi connectivity index (χ0n) is 10.7. The van der Waals surface area contributed by atoms with Crippen LogP contribution in [0.5, 0.6) is 0 Å². The average molecular weight is 300 g/mol. The summed E-state index contributed by atoms with van der Waals surface area (Å²) < 4.78 is 0. The zero-order chi connectivity index (χ0) is 14.8. The Morgan fingerprint density at radius 3 is 2.76 bits per heavy atom. The average Bonchev–Trinajstić information content (AvgIpc) is 2.48. The molecule has 0 amide bonds. The molecule has 2 N–H and O–H groups in total. The highest BCUT2D eigenvalue weighted by Gasteiger charge is 2.06. The first-order valence-electron chi connectivity index (χ1n) is 6.15. The van der Waals surface area contributed by atoms with E-state index in [1.165, 1.54) is 6.08 Å². The third kappa shape index (κ3) is 2.78. The van der Waals surface area contributed by atoms with E-state index >= 15 is 0 Å². The first-order valence-corrected chi connectivity index (χ1v) is 6.53. The van der Waals surface area contributed by atoms with E-state index in [9.17, 15) is 9.90 Å². The Morgan fingerprint density at radius 1 is 1.24 bits per heavy atom. The molecule has 21 heavy (non-hydrogen) atoms. The highest BCUT2D eigenvalue weighted by molar-refractivity contribution is 6.30. The Balaban J connectivity index is 2.07. The summed E-state index contributed by atoms with van der Waals surface area (Å²) in [5.74, 6) is -0.0695. The van der Waals surface area contributed by atoms with Gasteiger partial charge in [0.25, 0.3) is 5.56 Å². The van der Waals surface area contributed by atoms with Gasteiger partial charge in [0.05, 0.1) is 5.52 Å². The lowest BCUT2D eigenvalue weighted by Gasteiger charge is -2.01. The Bertz CT molecular complexity index is 885. The van der Waals surface area contributed by atoms with Crippen molar-refractivity contribution in [2.45, 2.75) is 0 Å². The number of pyridine rings is 1. The monoisotopic (exact) mass is 299 g/mol. The number of aromatic amines is 1. The molecule has 0 fully saturated rings. The molecule has 0 saturated carbocycles. The predicted octanol–water partition coefficient (Wildman–Crippen LogP) is 3.03. The molecule has 3 rings (SSSR count). The smallest absolute Gasteiger partial charge is 0.274 e. The first kappa shape index (κ1) is 13.3. The summed E-state index contributed by atoms with van der Waals surface area (Å²) in [5.41, 5.74) is 1.20. The van der Waals surface area contributed by atoms with Crippen molar-refractivity contribution in [3.05, 3.63) is 69.2 Å². The topological polar surface area (TPSA) is 78.9 Å². The quantitative estimate of drug-likeness (QED) is 0.713. The number of aliphatic hydroxyl groups excluding tert-OH is 1. The fraction of sp³-hybridized carbons (Fsp3) is 0. The number of benzene rings is 1. The van der Waals surface area contributed by atoms with Crippen LogP contribution in [0, 0.1) is 0 Å². The fourth-order valence-electron chi connectivity index (χ4n) is 1.87. The number of aliphatic hydroxyl groups is 1. The number of aromatic nitrogens is 3. The van der Waals surface area contributed by atoms with E-state index < -0.39 is 5.56 Å². The Labute approximate surface area is 124 Å². The summed E-state index contributed by atoms with van der Waals surface area (Å²) in [7, 11) is 0. The summed E-state index contributed by atoms with van der Waals surface area (Å²) in [6.07, 6.45) is 2.89. The van der Waals surface area contributed by atoms with Gasteiger partial charge in [-0.15, -0.1) is 0 Å². The number of H-pyrrole nitrogens is 1. The number of nitrogens with zero attached hydrogens (tertiary/aromatic N) is 2. The number of hydrogen-bond donors (Lipinski definition) is 2. The second-order valence-corrected chi connectivity index (χ2v) is 4.80. The van der Waals surface area contributed by atoms with Gasteiger partial charge in [-0.05, 0) is 36.4 Å². The van der Waals surface area contributed by atoms with Gasteiger partial charge < -0.3 is 10.1 Å². The van der Waals surface area contributed by atoms with Gasteiger partial charge in [-0.2, -0.15) is 0 Å². The third-order valence-electron chi connectivity index (χ3n) is 2.91. The maximum Gasteiger partial charge on any atom is 0.274 e. The van der Waals surface area contributed by atoms with Gasteiger partial charge in [-0.25, -0.2) is 9.97 Å². The van der Waals surface area contributed by atoms with Crippen molar-refractivity contribution >= 4 is 34.6 Å². The van der Waals surface area contributed by atoms with Crippen LogP contribution in [0.4, 0.5) is 0 Å². The highest BCUT2D eigenvalue weighted by Crippen LogP contribution is 2.17. The van der Waals surface area contributed by atoms with Crippen molar-refractivity contribution in [1.82, 2.24) is 15.0 Å². The molecular weight excluding hydrogens is 290 g/mol. The molecule has 0 aliphatic carbocycles. The van der Waals surface area contributed by atoms with Crippen LogP contribution in [0.1, 0.15) is 11.3 Å². The summed E-state index contributed by atoms with van der Waals surface area (Å²) >= 11 is 5.79. The first-order chi connectivity index (χ1) is 10.1. The standard InChI is InChI=1S/C15H10ClN3O2/c16-10-5-3-9(4-6-10)13(20)8-12-15(21)19-11-2-1-7-17-14(11)18-12/h1-8,20H,(H,19,21)/b13-8-. The molecular formula is C15H10ClN3O2. The van der Waals surface area contributed by atoms with Gasteiger partial charge in [0.15, 0.2) is 5.65 Å². The van der Waals surface area contributed by atoms with Crippen LogP contribution < -0.4 is 5.56 Å². The SMILES string of the molecule is O=c1[nH]c2cccnc2nc1/C=C(\O)c1ccc(Cl)cc1. The second kappa shape index (κ2) is 5.38. The number of rotatable bonds is 2. The van der Waals surface area contributed by atoms with Crippen LogP contribution in [-0.2, 0) is 0 Å². The van der Waals surface area contributed by atoms with Crippen molar-refractivity contribution in [3.8, 4) is 0 Å². The number of nitrogens with one attached hydrogen (secondary N) is 1. The van der Waals surface area contributed by atoms with Gasteiger partial charge >= 0.3 is 0 Å². The minimum absolute atomic E-state index is 0.0695. The molecule has 2 heterocycles. The molecule has 0 aliphatic rings. The molecule has 6 heteroatoms. The second-order valence-electron chi connectivity index (χ2n) is 4.36. The van der Waals surface area contributed by atoms with Gasteiger partial charge in [-0.1, -0.05) is 11.6 Å². The summed E-state index contributed by atoms with van der Waals surface area (Å²) in [6, 6.07) is 10.0. The molecule has 104 valence electrons. The molecule has 5 nitrogen and oxygen atoms in total. The lowest BCUT2D eigenvalue weighted by molar-refractivity contribution is 0.515. The lowest BCUT2D eigenvalue weighted by Crippen LogP contribution is -2.12. The zero-order valence-corrected chi connectivity index (χ0v) is 11.5. The molecule has 0 saturated heterocycles. The van der Waals surface area contributed by atoms with Crippen molar-refractivity contribution in [3.63, 3.8) is 0 Å². The van der Waals surface area contributed by atoms with E-state index in [0.29, 0.717) is 21.7 Å². The number of halogens is 1. The van der Waals surface area contributed by atoms with Crippen LogP contribution in [-0.4, -0.2) is 20.1 Å². The van der Waals surface area contributed by atoms with E-state index in [1.54, 1.807) is 42.6 Å². The summed E-state index contributed by atoms with van der Waals surface area (Å²) in [4.78, 5) is 22.8. The molecule has 3 aromatic rings. The number of fused-ring (bicyclic) bond motifs is 1. The van der Waals surface area contributed by atoms with E-state index in [2.05, 4.69) is 15.0 Å². The minimum atomic E-state index is -0.393. The van der Waals surface area contributed by atoms with Crippen molar-refractivity contribution < 1.29 is 5.11 Å². The maximum absolute atomic E-state index is 11.9. The van der Waals surface area contributed by atoms with Crippen molar-refractivity contribution in [2.24, 2.45) is 0 Å². The maximum atomic E-state index is 11.9. The van der Waals surface area contributed by atoms with Gasteiger partial charge in [-0.3, -0.25) is 4.79 Å². The molecule has 2 aromatic heterocycles. The highest BCUT2D eigenvalue weighted by atomic mass is 35.5. The van der Waals surface area contributed by atoms with Gasteiger partial charge in [0, 0.05) is 22.9 Å². The molecule has 1 aromatic carbocycles. The van der Waals surface area contributed by atoms with E-state index in [4.69, 9.17) is 11.6 Å². The van der Waals surface area contributed by atoms with E-state index in [1.807, 2.05) is 0 Å². The van der Waals surface area contributed by atoms with E-state index in [0.717, 1.165) is 0 Å². The lowest BCUT2D eigenvalue weighted by atomic mass is 10.1. The molecule has 0 radical (unpaired) electrons. The van der Waals surface area contributed by atoms with Crippen LogP contribution in [0.25, 0.3) is 23.0 Å². The van der Waals surface area contributed by atoms with Crippen LogP contribution in [0.3, 0.4) is 0 Å². The summed E-state index contributed by atoms with van der Waals surface area (Å²) in [5, 5.41) is 10.6. The van der Waals surface area contributed by atoms with Gasteiger partial charge in [0.1, 0.15) is 11.5 Å². The van der Waals surface area contributed by atoms with Crippen LogP contribution in [0.2, 0.25) is 5.02 Å². The van der Waals surface area contributed by atoms with E-state index in [-0.39, 0.29) is 11.5 Å². The van der Waals surface area contributed by atoms with Crippen LogP contribution in [0.15, 0.2) is 47.4 Å². The minimum Gasteiger partial charge on any atom is -0.507 e. The molecule has 0 unspecified atom stereocenters. The molecule has 0 atom stereocenters. The molecule has 0 aliphatic heterocycles. The Morgan fingerprint density at radius 2 is 2.00 bits per heavy atom.